The highest BCUT2D eigenvalue weighted by Crippen LogP contribution is 2.41. The maximum absolute atomic E-state index is 5.58. The quantitative estimate of drug-likeness (QED) is 0.643. The van der Waals surface area contributed by atoms with Crippen LogP contribution in [0.25, 0.3) is 16.9 Å². The monoisotopic (exact) mass is 420 g/mol. The summed E-state index contributed by atoms with van der Waals surface area (Å²) >= 11 is 0. The molecule has 1 saturated carbocycles. The van der Waals surface area contributed by atoms with Gasteiger partial charge in [-0.05, 0) is 38.0 Å². The molecule has 0 unspecified atom stereocenters. The predicted octanol–water partition coefficient (Wildman–Crippen LogP) is 2.65. The predicted molar refractivity (Wildman–Crippen MR) is 119 cm³/mol. The zero-order valence-electron chi connectivity index (χ0n) is 18.0. The normalized spacial score (nSPS) is 19.9. The number of rotatable bonds is 4. The fourth-order valence-electron chi connectivity index (χ4n) is 4.58. The van der Waals surface area contributed by atoms with Crippen molar-refractivity contribution < 1.29 is 9.47 Å². The molecule has 31 heavy (non-hydrogen) atoms. The number of hydrogen-bond donors (Lipinski definition) is 0. The maximum Gasteiger partial charge on any atom is 0.178 e. The minimum Gasteiger partial charge on any atom is -0.378 e. The van der Waals surface area contributed by atoms with Gasteiger partial charge < -0.3 is 19.3 Å². The Hall–Kier alpha value is -2.71. The second-order valence-corrected chi connectivity index (χ2v) is 8.61. The van der Waals surface area contributed by atoms with Crippen LogP contribution in [-0.2, 0) is 9.47 Å². The highest BCUT2D eigenvalue weighted by molar-refractivity contribution is 5.76. The summed E-state index contributed by atoms with van der Waals surface area (Å²) in [4.78, 5) is 14.4. The SMILES string of the molecule is Cc1nc2c(N3CCOCC3)cc(C3CC3)nn2c1-c1ccc(N2CCOCC2)nc1. The molecule has 0 bridgehead atoms. The van der Waals surface area contributed by atoms with Crippen molar-refractivity contribution in [3.8, 4) is 11.3 Å². The summed E-state index contributed by atoms with van der Waals surface area (Å²) < 4.78 is 13.1. The van der Waals surface area contributed by atoms with Crippen LogP contribution in [0.5, 0.6) is 0 Å². The third kappa shape index (κ3) is 3.53. The van der Waals surface area contributed by atoms with Crippen molar-refractivity contribution in [2.24, 2.45) is 0 Å². The van der Waals surface area contributed by atoms with Crippen LogP contribution in [0.3, 0.4) is 0 Å². The Labute approximate surface area is 181 Å². The molecule has 8 nitrogen and oxygen atoms in total. The van der Waals surface area contributed by atoms with Gasteiger partial charge in [-0.2, -0.15) is 5.10 Å². The van der Waals surface area contributed by atoms with Crippen LogP contribution < -0.4 is 9.80 Å². The van der Waals surface area contributed by atoms with Crippen molar-refractivity contribution in [2.75, 3.05) is 62.4 Å². The van der Waals surface area contributed by atoms with E-state index in [4.69, 9.17) is 24.5 Å². The largest absolute Gasteiger partial charge is 0.378 e. The lowest BCUT2D eigenvalue weighted by Crippen LogP contribution is -2.36. The van der Waals surface area contributed by atoms with E-state index in [9.17, 15) is 0 Å². The molecule has 3 fully saturated rings. The Morgan fingerprint density at radius 3 is 2.29 bits per heavy atom. The zero-order valence-corrected chi connectivity index (χ0v) is 18.0. The van der Waals surface area contributed by atoms with E-state index in [0.29, 0.717) is 5.92 Å². The number of anilines is 2. The lowest BCUT2D eigenvalue weighted by molar-refractivity contribution is 0.122. The summed E-state index contributed by atoms with van der Waals surface area (Å²) in [5.41, 5.74) is 6.34. The average Bonchev–Trinajstić information content (AvgIpc) is 3.62. The molecular weight excluding hydrogens is 392 g/mol. The van der Waals surface area contributed by atoms with Gasteiger partial charge in [-0.25, -0.2) is 14.5 Å². The Balaban J connectivity index is 1.43. The molecule has 0 aromatic carbocycles. The molecule has 0 amide bonds. The van der Waals surface area contributed by atoms with Gasteiger partial charge in [-0.3, -0.25) is 0 Å². The maximum atomic E-state index is 5.58. The molecule has 3 aliphatic rings. The summed E-state index contributed by atoms with van der Waals surface area (Å²) in [5, 5.41) is 5.04. The number of fused-ring (bicyclic) bond motifs is 1. The molecule has 5 heterocycles. The lowest BCUT2D eigenvalue weighted by atomic mass is 10.2. The molecule has 0 spiro atoms. The van der Waals surface area contributed by atoms with Gasteiger partial charge in [0.1, 0.15) is 5.82 Å². The second kappa shape index (κ2) is 7.76. The zero-order chi connectivity index (χ0) is 20.8. The van der Waals surface area contributed by atoms with Crippen molar-refractivity contribution in [1.82, 2.24) is 19.6 Å². The molecular formula is C23H28N6O2. The van der Waals surface area contributed by atoms with Gasteiger partial charge in [0.05, 0.1) is 49.2 Å². The summed E-state index contributed by atoms with van der Waals surface area (Å²) in [7, 11) is 0. The molecule has 6 rings (SSSR count). The van der Waals surface area contributed by atoms with Gasteiger partial charge in [0.25, 0.3) is 0 Å². The van der Waals surface area contributed by atoms with Crippen LogP contribution in [0.4, 0.5) is 11.5 Å². The van der Waals surface area contributed by atoms with Crippen molar-refractivity contribution in [1.29, 1.82) is 0 Å². The molecule has 3 aromatic heterocycles. The van der Waals surface area contributed by atoms with Crippen molar-refractivity contribution >= 4 is 17.2 Å². The third-order valence-corrected chi connectivity index (χ3v) is 6.46. The number of hydrogen-bond acceptors (Lipinski definition) is 7. The van der Waals surface area contributed by atoms with Gasteiger partial charge in [-0.15, -0.1) is 0 Å². The van der Waals surface area contributed by atoms with Crippen LogP contribution >= 0.6 is 0 Å². The van der Waals surface area contributed by atoms with Crippen molar-refractivity contribution in [3.05, 3.63) is 35.8 Å². The van der Waals surface area contributed by atoms with E-state index in [-0.39, 0.29) is 0 Å². The van der Waals surface area contributed by atoms with E-state index < -0.39 is 0 Å². The number of ether oxygens (including phenoxy) is 2. The summed E-state index contributed by atoms with van der Waals surface area (Å²) in [5.74, 6) is 1.57. The first-order chi connectivity index (χ1) is 15.3. The number of aryl methyl sites for hydroxylation is 1. The Morgan fingerprint density at radius 1 is 0.935 bits per heavy atom. The average molecular weight is 421 g/mol. The molecule has 162 valence electrons. The minimum atomic E-state index is 0.571. The smallest absolute Gasteiger partial charge is 0.178 e. The summed E-state index contributed by atoms with van der Waals surface area (Å²) in [6.07, 6.45) is 4.40. The molecule has 2 aliphatic heterocycles. The molecule has 3 aromatic rings. The fourth-order valence-corrected chi connectivity index (χ4v) is 4.58. The third-order valence-electron chi connectivity index (χ3n) is 6.46. The van der Waals surface area contributed by atoms with E-state index in [1.165, 1.54) is 24.2 Å². The van der Waals surface area contributed by atoms with Crippen LogP contribution in [0.2, 0.25) is 0 Å². The van der Waals surface area contributed by atoms with Gasteiger partial charge >= 0.3 is 0 Å². The highest BCUT2D eigenvalue weighted by Gasteiger charge is 2.29. The number of morpholine rings is 2. The van der Waals surface area contributed by atoms with E-state index >= 15 is 0 Å². The van der Waals surface area contributed by atoms with Crippen LogP contribution in [0, 0.1) is 6.92 Å². The van der Waals surface area contributed by atoms with Crippen LogP contribution in [0.1, 0.15) is 30.1 Å². The van der Waals surface area contributed by atoms with Gasteiger partial charge in [0.15, 0.2) is 5.65 Å². The van der Waals surface area contributed by atoms with Crippen LogP contribution in [-0.4, -0.2) is 72.2 Å². The van der Waals surface area contributed by atoms with E-state index in [2.05, 4.69) is 39.4 Å². The Morgan fingerprint density at radius 2 is 1.65 bits per heavy atom. The summed E-state index contributed by atoms with van der Waals surface area (Å²) in [6.45, 7) is 8.65. The topological polar surface area (TPSA) is 68.0 Å². The molecule has 0 radical (unpaired) electrons. The van der Waals surface area contributed by atoms with Crippen molar-refractivity contribution in [3.63, 3.8) is 0 Å². The number of nitrogens with zero attached hydrogens (tertiary/aromatic N) is 6. The molecule has 0 N–H and O–H groups in total. The number of imidazole rings is 1. The van der Waals surface area contributed by atoms with Crippen molar-refractivity contribution in [2.45, 2.75) is 25.7 Å². The second-order valence-electron chi connectivity index (χ2n) is 8.61. The first kappa shape index (κ1) is 19.0. The van der Waals surface area contributed by atoms with Crippen LogP contribution in [0.15, 0.2) is 24.4 Å². The molecule has 8 heteroatoms. The standard InChI is InChI=1S/C23H28N6O2/c1-16-22(18-4-5-21(24-15-18)28-8-12-31-13-9-28)29-23(25-16)20(27-6-10-30-11-7-27)14-19(26-29)17-2-3-17/h4-5,14-15,17H,2-3,6-13H2,1H3. The Bertz CT molecular complexity index is 1080. The Kier molecular flexibility index (Phi) is 4.76. The first-order valence-corrected chi connectivity index (χ1v) is 11.3. The first-order valence-electron chi connectivity index (χ1n) is 11.3. The molecule has 1 aliphatic carbocycles. The van der Waals surface area contributed by atoms with Gasteiger partial charge in [0.2, 0.25) is 0 Å². The highest BCUT2D eigenvalue weighted by atomic mass is 16.5. The van der Waals surface area contributed by atoms with E-state index in [1.54, 1.807) is 0 Å². The lowest BCUT2D eigenvalue weighted by Gasteiger charge is -2.29. The van der Waals surface area contributed by atoms with E-state index in [0.717, 1.165) is 81.0 Å². The summed E-state index contributed by atoms with van der Waals surface area (Å²) in [6, 6.07) is 6.51. The fraction of sp³-hybridized carbons (Fsp3) is 0.522. The van der Waals surface area contributed by atoms with E-state index in [1.807, 2.05) is 6.20 Å². The number of pyridine rings is 1. The number of aromatic nitrogens is 4. The minimum absolute atomic E-state index is 0.571. The van der Waals surface area contributed by atoms with Gasteiger partial charge in [0, 0.05) is 43.9 Å². The molecule has 2 saturated heterocycles. The molecule has 0 atom stereocenters. The van der Waals surface area contributed by atoms with Gasteiger partial charge in [-0.1, -0.05) is 0 Å².